The summed E-state index contributed by atoms with van der Waals surface area (Å²) in [6.07, 6.45) is 0.330. The van der Waals surface area contributed by atoms with Crippen LogP contribution in [0.2, 0.25) is 0 Å². The maximum Gasteiger partial charge on any atom is 0.256 e. The lowest BCUT2D eigenvalue weighted by Crippen LogP contribution is -2.51. The Kier molecular flexibility index (Phi) is 7.07. The van der Waals surface area contributed by atoms with Gasteiger partial charge in [0.25, 0.3) is 5.91 Å². The molecule has 0 atom stereocenters. The fourth-order valence-electron chi connectivity index (χ4n) is 3.09. The normalized spacial score (nSPS) is 13.7. The maximum atomic E-state index is 12.6. The maximum absolute atomic E-state index is 12.6. The number of nitrogen functional groups attached to an aromatic ring is 1. The van der Waals surface area contributed by atoms with Crippen LogP contribution < -0.4 is 10.5 Å². The third kappa shape index (κ3) is 4.92. The number of piperazine rings is 1. The molecule has 0 saturated carbocycles. The quantitative estimate of drug-likeness (QED) is 0.813. The third-order valence-corrected chi connectivity index (χ3v) is 4.60. The van der Waals surface area contributed by atoms with Gasteiger partial charge in [-0.15, -0.1) is 12.4 Å². The Balaban J connectivity index is 0.00000261. The Hall–Kier alpha value is -2.73. The number of amides is 2. The van der Waals surface area contributed by atoms with Crippen molar-refractivity contribution in [2.75, 3.05) is 39.0 Å². The number of halogens is 1. The second-order valence-electron chi connectivity index (χ2n) is 6.29. The number of para-hydroxylation sites is 1. The first kappa shape index (κ1) is 20.6. The van der Waals surface area contributed by atoms with E-state index in [4.69, 9.17) is 10.5 Å². The van der Waals surface area contributed by atoms with E-state index in [0.717, 1.165) is 11.3 Å². The highest BCUT2D eigenvalue weighted by molar-refractivity contribution is 5.99. The van der Waals surface area contributed by atoms with Crippen LogP contribution >= 0.6 is 12.4 Å². The van der Waals surface area contributed by atoms with Crippen LogP contribution in [0.15, 0.2) is 48.5 Å². The summed E-state index contributed by atoms with van der Waals surface area (Å²) in [6, 6.07) is 14.6. The van der Waals surface area contributed by atoms with E-state index in [0.29, 0.717) is 43.9 Å². The van der Waals surface area contributed by atoms with E-state index in [1.807, 2.05) is 24.3 Å². The lowest BCUT2D eigenvalue weighted by molar-refractivity contribution is -0.131. The highest BCUT2D eigenvalue weighted by Crippen LogP contribution is 2.17. The van der Waals surface area contributed by atoms with Crippen molar-refractivity contribution in [3.05, 3.63) is 59.7 Å². The molecule has 144 valence electrons. The fraction of sp³-hybridized carbons (Fsp3) is 0.300. The van der Waals surface area contributed by atoms with Crippen molar-refractivity contribution in [3.8, 4) is 5.75 Å². The number of hydrogen-bond acceptors (Lipinski definition) is 4. The van der Waals surface area contributed by atoms with Crippen LogP contribution in [0.25, 0.3) is 0 Å². The number of rotatable bonds is 4. The Morgan fingerprint density at radius 3 is 2.33 bits per heavy atom. The second kappa shape index (κ2) is 9.28. The first-order chi connectivity index (χ1) is 12.6. The van der Waals surface area contributed by atoms with Crippen LogP contribution in [0, 0.1) is 0 Å². The van der Waals surface area contributed by atoms with E-state index < -0.39 is 0 Å². The molecule has 1 aliphatic rings. The largest absolute Gasteiger partial charge is 0.497 e. The molecule has 27 heavy (non-hydrogen) atoms. The molecule has 1 aliphatic heterocycles. The van der Waals surface area contributed by atoms with Gasteiger partial charge in [0, 0.05) is 31.9 Å². The standard InChI is InChI=1S/C20H23N3O3.ClH/c1-26-16-6-4-5-15(13-16)14-19(24)22-9-11-23(12-10-22)20(25)17-7-2-3-8-18(17)21;/h2-8,13H,9-12,14,21H2,1H3;1H. The van der Waals surface area contributed by atoms with Crippen molar-refractivity contribution >= 4 is 29.9 Å². The van der Waals surface area contributed by atoms with Gasteiger partial charge in [-0.25, -0.2) is 0 Å². The second-order valence-corrected chi connectivity index (χ2v) is 6.29. The minimum atomic E-state index is -0.0806. The predicted octanol–water partition coefficient (Wildman–Crippen LogP) is 2.23. The summed E-state index contributed by atoms with van der Waals surface area (Å²) in [4.78, 5) is 28.7. The zero-order valence-electron chi connectivity index (χ0n) is 15.3. The third-order valence-electron chi connectivity index (χ3n) is 4.60. The van der Waals surface area contributed by atoms with Gasteiger partial charge in [-0.3, -0.25) is 9.59 Å². The highest BCUT2D eigenvalue weighted by Gasteiger charge is 2.25. The molecule has 1 fully saturated rings. The van der Waals surface area contributed by atoms with Gasteiger partial charge in [-0.2, -0.15) is 0 Å². The summed E-state index contributed by atoms with van der Waals surface area (Å²) < 4.78 is 5.19. The number of carbonyl (C=O) groups is 2. The number of nitrogens with two attached hydrogens (primary N) is 1. The van der Waals surface area contributed by atoms with E-state index in [2.05, 4.69) is 0 Å². The van der Waals surface area contributed by atoms with Crippen molar-refractivity contribution in [2.24, 2.45) is 0 Å². The fourth-order valence-corrected chi connectivity index (χ4v) is 3.09. The topological polar surface area (TPSA) is 75.9 Å². The van der Waals surface area contributed by atoms with E-state index in [-0.39, 0.29) is 24.2 Å². The molecule has 2 aromatic carbocycles. The first-order valence-electron chi connectivity index (χ1n) is 8.63. The van der Waals surface area contributed by atoms with Gasteiger partial charge in [0.1, 0.15) is 5.75 Å². The molecule has 6 nitrogen and oxygen atoms in total. The predicted molar refractivity (Wildman–Crippen MR) is 107 cm³/mol. The van der Waals surface area contributed by atoms with E-state index in [1.165, 1.54) is 0 Å². The number of nitrogens with zero attached hydrogens (tertiary/aromatic N) is 2. The van der Waals surface area contributed by atoms with Crippen LogP contribution in [0.4, 0.5) is 5.69 Å². The molecule has 0 aromatic heterocycles. The minimum absolute atomic E-state index is 0. The zero-order chi connectivity index (χ0) is 18.5. The number of benzene rings is 2. The van der Waals surface area contributed by atoms with Gasteiger partial charge in [0.2, 0.25) is 5.91 Å². The molecule has 0 spiro atoms. The van der Waals surface area contributed by atoms with Crippen LogP contribution in [0.1, 0.15) is 15.9 Å². The Labute approximate surface area is 165 Å². The van der Waals surface area contributed by atoms with Crippen molar-refractivity contribution in [2.45, 2.75) is 6.42 Å². The molecule has 3 rings (SSSR count). The molecule has 1 saturated heterocycles. The van der Waals surface area contributed by atoms with Crippen molar-refractivity contribution in [3.63, 3.8) is 0 Å². The molecule has 0 radical (unpaired) electrons. The lowest BCUT2D eigenvalue weighted by Gasteiger charge is -2.35. The number of methoxy groups -OCH3 is 1. The van der Waals surface area contributed by atoms with Gasteiger partial charge in [0.15, 0.2) is 0 Å². The van der Waals surface area contributed by atoms with Gasteiger partial charge >= 0.3 is 0 Å². The Morgan fingerprint density at radius 1 is 1.00 bits per heavy atom. The molecular formula is C20H24ClN3O3. The smallest absolute Gasteiger partial charge is 0.256 e. The van der Waals surface area contributed by atoms with Crippen molar-refractivity contribution in [1.29, 1.82) is 0 Å². The van der Waals surface area contributed by atoms with E-state index in [9.17, 15) is 9.59 Å². The van der Waals surface area contributed by atoms with Crippen molar-refractivity contribution in [1.82, 2.24) is 9.80 Å². The summed E-state index contributed by atoms with van der Waals surface area (Å²) in [7, 11) is 1.61. The van der Waals surface area contributed by atoms with Gasteiger partial charge in [0.05, 0.1) is 19.1 Å². The average Bonchev–Trinajstić information content (AvgIpc) is 2.68. The SMILES string of the molecule is COc1cccc(CC(=O)N2CCN(C(=O)c3ccccc3N)CC2)c1.Cl. The van der Waals surface area contributed by atoms with Gasteiger partial charge in [-0.05, 0) is 29.8 Å². The van der Waals surface area contributed by atoms with E-state index >= 15 is 0 Å². The van der Waals surface area contributed by atoms with Crippen LogP contribution in [0.3, 0.4) is 0 Å². The van der Waals surface area contributed by atoms with Gasteiger partial charge < -0.3 is 20.3 Å². The van der Waals surface area contributed by atoms with Crippen LogP contribution in [-0.2, 0) is 11.2 Å². The monoisotopic (exact) mass is 389 g/mol. The van der Waals surface area contributed by atoms with Crippen LogP contribution in [-0.4, -0.2) is 54.9 Å². The summed E-state index contributed by atoms with van der Waals surface area (Å²) in [5, 5.41) is 0. The average molecular weight is 390 g/mol. The summed E-state index contributed by atoms with van der Waals surface area (Å²) in [5.41, 5.74) is 7.81. The number of ether oxygens (including phenoxy) is 1. The zero-order valence-corrected chi connectivity index (χ0v) is 16.1. The molecule has 2 aromatic rings. The minimum Gasteiger partial charge on any atom is -0.497 e. The number of carbonyl (C=O) groups excluding carboxylic acids is 2. The van der Waals surface area contributed by atoms with Crippen molar-refractivity contribution < 1.29 is 14.3 Å². The molecule has 2 N–H and O–H groups in total. The number of hydrogen-bond donors (Lipinski definition) is 1. The van der Waals surface area contributed by atoms with E-state index in [1.54, 1.807) is 41.2 Å². The highest BCUT2D eigenvalue weighted by atomic mass is 35.5. The van der Waals surface area contributed by atoms with Gasteiger partial charge in [-0.1, -0.05) is 24.3 Å². The molecular weight excluding hydrogens is 366 g/mol. The number of anilines is 1. The molecule has 1 heterocycles. The molecule has 7 heteroatoms. The summed E-state index contributed by atoms with van der Waals surface area (Å²) >= 11 is 0. The lowest BCUT2D eigenvalue weighted by atomic mass is 10.1. The molecule has 2 amide bonds. The molecule has 0 bridgehead atoms. The molecule has 0 unspecified atom stereocenters. The summed E-state index contributed by atoms with van der Waals surface area (Å²) in [5.74, 6) is 0.721. The Morgan fingerprint density at radius 2 is 1.67 bits per heavy atom. The first-order valence-corrected chi connectivity index (χ1v) is 8.63. The molecule has 0 aliphatic carbocycles. The Bertz CT molecular complexity index is 805. The van der Waals surface area contributed by atoms with Crippen LogP contribution in [0.5, 0.6) is 5.75 Å². The summed E-state index contributed by atoms with van der Waals surface area (Å²) in [6.45, 7) is 2.08.